The lowest BCUT2D eigenvalue weighted by molar-refractivity contribution is -0.380. The van der Waals surface area contributed by atoms with Crippen molar-refractivity contribution in [2.24, 2.45) is 0 Å². The number of thiophene rings is 1. The molecular formula is C12H10BrFN2O2S. The average Bonchev–Trinajstić information content (AvgIpc) is 2.82. The Kier molecular flexibility index (Phi) is 4.62. The molecule has 0 atom stereocenters. The molecule has 0 saturated heterocycles. The van der Waals surface area contributed by atoms with Gasteiger partial charge < -0.3 is 5.32 Å². The minimum Gasteiger partial charge on any atom is -0.309 e. The number of halogens is 2. The zero-order valence-corrected chi connectivity index (χ0v) is 12.1. The molecule has 2 rings (SSSR count). The Bertz CT molecular complexity index is 603. The van der Waals surface area contributed by atoms with Gasteiger partial charge in [-0.15, -0.1) is 0 Å². The third-order valence-electron chi connectivity index (χ3n) is 2.47. The highest BCUT2D eigenvalue weighted by atomic mass is 79.9. The van der Waals surface area contributed by atoms with Gasteiger partial charge in [0.2, 0.25) is 0 Å². The van der Waals surface area contributed by atoms with E-state index in [0.29, 0.717) is 13.1 Å². The summed E-state index contributed by atoms with van der Waals surface area (Å²) in [6.07, 6.45) is 0. The maximum absolute atomic E-state index is 13.1. The third kappa shape index (κ3) is 3.82. The van der Waals surface area contributed by atoms with Gasteiger partial charge in [-0.2, -0.15) is 0 Å². The monoisotopic (exact) mass is 344 g/mol. The van der Waals surface area contributed by atoms with Crippen LogP contribution >= 0.6 is 27.3 Å². The summed E-state index contributed by atoms with van der Waals surface area (Å²) in [5.74, 6) is -0.286. The first-order chi connectivity index (χ1) is 9.06. The second-order valence-electron chi connectivity index (χ2n) is 3.89. The molecule has 1 aromatic carbocycles. The summed E-state index contributed by atoms with van der Waals surface area (Å²) in [5, 5.41) is 15.5. The van der Waals surface area contributed by atoms with Crippen LogP contribution in [0.5, 0.6) is 0 Å². The lowest BCUT2D eigenvalue weighted by atomic mass is 10.2. The molecule has 1 N–H and O–H groups in total. The van der Waals surface area contributed by atoms with E-state index >= 15 is 0 Å². The Labute approximate surface area is 121 Å². The Morgan fingerprint density at radius 3 is 2.84 bits per heavy atom. The van der Waals surface area contributed by atoms with Gasteiger partial charge in [0.25, 0.3) is 0 Å². The predicted molar refractivity (Wildman–Crippen MR) is 75.6 cm³/mol. The van der Waals surface area contributed by atoms with Crippen LogP contribution < -0.4 is 5.32 Å². The summed E-state index contributed by atoms with van der Waals surface area (Å²) in [7, 11) is 0. The van der Waals surface area contributed by atoms with Crippen LogP contribution in [0.4, 0.5) is 9.39 Å². The van der Waals surface area contributed by atoms with Gasteiger partial charge in [-0.05, 0) is 29.3 Å². The largest absolute Gasteiger partial charge is 0.324 e. The molecule has 0 bridgehead atoms. The summed E-state index contributed by atoms with van der Waals surface area (Å²) in [6.45, 7) is 0.995. The maximum atomic E-state index is 13.1. The van der Waals surface area contributed by atoms with E-state index in [4.69, 9.17) is 0 Å². The molecular weight excluding hydrogens is 335 g/mol. The SMILES string of the molecule is O=[N+]([O-])c1cc(CNCc2cc(F)ccc2Br)cs1. The van der Waals surface area contributed by atoms with Gasteiger partial charge in [-0.1, -0.05) is 27.3 Å². The van der Waals surface area contributed by atoms with Gasteiger partial charge >= 0.3 is 5.00 Å². The second kappa shape index (κ2) is 6.23. The first-order valence-electron chi connectivity index (χ1n) is 5.42. The van der Waals surface area contributed by atoms with E-state index in [2.05, 4.69) is 21.2 Å². The van der Waals surface area contributed by atoms with Crippen LogP contribution in [0.15, 0.2) is 34.1 Å². The first-order valence-corrected chi connectivity index (χ1v) is 7.10. The number of benzene rings is 1. The van der Waals surface area contributed by atoms with Crippen molar-refractivity contribution in [1.82, 2.24) is 5.32 Å². The topological polar surface area (TPSA) is 55.2 Å². The van der Waals surface area contributed by atoms with Crippen LogP contribution in [0.1, 0.15) is 11.1 Å². The molecule has 0 spiro atoms. The van der Waals surface area contributed by atoms with Gasteiger partial charge in [0.05, 0.1) is 4.92 Å². The zero-order valence-electron chi connectivity index (χ0n) is 9.73. The zero-order chi connectivity index (χ0) is 13.8. The van der Waals surface area contributed by atoms with Gasteiger partial charge in [0.1, 0.15) is 5.82 Å². The fourth-order valence-electron chi connectivity index (χ4n) is 1.57. The second-order valence-corrected chi connectivity index (χ2v) is 5.63. The molecule has 0 aliphatic carbocycles. The molecule has 1 heterocycles. The van der Waals surface area contributed by atoms with Crippen LogP contribution in [0, 0.1) is 15.9 Å². The molecule has 7 heteroatoms. The van der Waals surface area contributed by atoms with E-state index in [1.807, 2.05) is 0 Å². The molecule has 0 radical (unpaired) electrons. The highest BCUT2D eigenvalue weighted by Crippen LogP contribution is 2.22. The van der Waals surface area contributed by atoms with Crippen molar-refractivity contribution >= 4 is 32.3 Å². The lowest BCUT2D eigenvalue weighted by Crippen LogP contribution is -2.12. The van der Waals surface area contributed by atoms with E-state index in [1.165, 1.54) is 18.2 Å². The molecule has 0 unspecified atom stereocenters. The fraction of sp³-hybridized carbons (Fsp3) is 0.167. The van der Waals surface area contributed by atoms with Crippen LogP contribution in [0.3, 0.4) is 0 Å². The van der Waals surface area contributed by atoms with Crippen molar-refractivity contribution in [2.45, 2.75) is 13.1 Å². The van der Waals surface area contributed by atoms with Crippen LogP contribution in [0.2, 0.25) is 0 Å². The van der Waals surface area contributed by atoms with Gasteiger partial charge in [-0.3, -0.25) is 10.1 Å². The minimum absolute atomic E-state index is 0.128. The smallest absolute Gasteiger partial charge is 0.309 e. The minimum atomic E-state index is -0.405. The summed E-state index contributed by atoms with van der Waals surface area (Å²) in [5.41, 5.74) is 1.66. The van der Waals surface area contributed by atoms with Crippen LogP contribution in [-0.4, -0.2) is 4.92 Å². The number of nitrogens with one attached hydrogen (secondary N) is 1. The molecule has 100 valence electrons. The highest BCUT2D eigenvalue weighted by Gasteiger charge is 2.09. The summed E-state index contributed by atoms with van der Waals surface area (Å²) in [6, 6.07) is 6.03. The van der Waals surface area contributed by atoms with Crippen molar-refractivity contribution in [3.05, 3.63) is 61.2 Å². The van der Waals surface area contributed by atoms with Crippen LogP contribution in [0.25, 0.3) is 0 Å². The Balaban J connectivity index is 1.92. The Hall–Kier alpha value is -1.31. The quantitative estimate of drug-likeness (QED) is 0.662. The van der Waals surface area contributed by atoms with Crippen molar-refractivity contribution < 1.29 is 9.31 Å². The van der Waals surface area contributed by atoms with Crippen molar-refractivity contribution in [2.75, 3.05) is 0 Å². The van der Waals surface area contributed by atoms with Gasteiger partial charge in [0.15, 0.2) is 0 Å². The average molecular weight is 345 g/mol. The number of hydrogen-bond acceptors (Lipinski definition) is 4. The Morgan fingerprint density at radius 1 is 1.37 bits per heavy atom. The normalized spacial score (nSPS) is 10.6. The van der Waals surface area contributed by atoms with Gasteiger partial charge in [-0.25, -0.2) is 4.39 Å². The highest BCUT2D eigenvalue weighted by molar-refractivity contribution is 9.10. The van der Waals surface area contributed by atoms with E-state index < -0.39 is 4.92 Å². The van der Waals surface area contributed by atoms with Crippen molar-refractivity contribution in [1.29, 1.82) is 0 Å². The molecule has 4 nitrogen and oxygen atoms in total. The first kappa shape index (κ1) is 14.1. The van der Waals surface area contributed by atoms with E-state index in [9.17, 15) is 14.5 Å². The molecule has 0 amide bonds. The number of rotatable bonds is 5. The van der Waals surface area contributed by atoms with Gasteiger partial charge in [0, 0.05) is 29.0 Å². The molecule has 0 saturated carbocycles. The number of nitrogens with zero attached hydrogens (tertiary/aromatic N) is 1. The van der Waals surface area contributed by atoms with Crippen LogP contribution in [-0.2, 0) is 13.1 Å². The number of nitro groups is 1. The molecule has 19 heavy (non-hydrogen) atoms. The lowest BCUT2D eigenvalue weighted by Gasteiger charge is -2.06. The van der Waals surface area contributed by atoms with E-state index in [-0.39, 0.29) is 10.8 Å². The summed E-state index contributed by atoms with van der Waals surface area (Å²) >= 11 is 4.45. The molecule has 2 aromatic rings. The Morgan fingerprint density at radius 2 is 2.16 bits per heavy atom. The van der Waals surface area contributed by atoms with E-state index in [1.54, 1.807) is 11.4 Å². The number of hydrogen-bond donors (Lipinski definition) is 1. The predicted octanol–water partition coefficient (Wildman–Crippen LogP) is 3.85. The molecule has 0 fully saturated rings. The molecule has 0 aliphatic rings. The van der Waals surface area contributed by atoms with Crippen molar-refractivity contribution in [3.63, 3.8) is 0 Å². The standard InChI is InChI=1S/C12H10BrFN2O2S/c13-11-2-1-10(14)4-9(11)6-15-5-8-3-12(16(17)18)19-7-8/h1-4,7,15H,5-6H2. The molecule has 1 aromatic heterocycles. The fourth-order valence-corrected chi connectivity index (χ4v) is 2.69. The maximum Gasteiger partial charge on any atom is 0.324 e. The van der Waals surface area contributed by atoms with Crippen molar-refractivity contribution in [3.8, 4) is 0 Å². The summed E-state index contributed by atoms with van der Waals surface area (Å²) < 4.78 is 13.9. The third-order valence-corrected chi connectivity index (χ3v) is 4.17. The summed E-state index contributed by atoms with van der Waals surface area (Å²) in [4.78, 5) is 10.1. The van der Waals surface area contributed by atoms with E-state index in [0.717, 1.165) is 26.9 Å². The molecule has 0 aliphatic heterocycles.